The van der Waals surface area contributed by atoms with E-state index in [1.54, 1.807) is 32.2 Å². The summed E-state index contributed by atoms with van der Waals surface area (Å²) in [4.78, 5) is 4.07. The Labute approximate surface area is 144 Å². The van der Waals surface area contributed by atoms with Gasteiger partial charge in [0.15, 0.2) is 16.4 Å². The molecule has 24 heavy (non-hydrogen) atoms. The molecule has 0 aliphatic rings. The van der Waals surface area contributed by atoms with Crippen molar-refractivity contribution in [3.8, 4) is 0 Å². The number of fused-ring (bicyclic) bond motifs is 1. The van der Waals surface area contributed by atoms with Crippen molar-refractivity contribution in [3.05, 3.63) is 35.2 Å². The largest absolute Gasteiger partial charge is 0.354 e. The smallest absolute Gasteiger partial charge is 0.282 e. The fraction of sp³-hybridized carbons (Fsp3) is 0.333. The minimum atomic E-state index is -3.83. The first kappa shape index (κ1) is 16.8. The van der Waals surface area contributed by atoms with Gasteiger partial charge in [-0.05, 0) is 31.5 Å². The predicted molar refractivity (Wildman–Crippen MR) is 91.8 cm³/mol. The topological polar surface area (TPSA) is 81.2 Å². The van der Waals surface area contributed by atoms with Gasteiger partial charge >= 0.3 is 0 Å². The summed E-state index contributed by atoms with van der Waals surface area (Å²) >= 11 is 6.04. The van der Waals surface area contributed by atoms with Gasteiger partial charge in [-0.25, -0.2) is 9.29 Å². The molecule has 0 unspecified atom stereocenters. The number of anilines is 1. The first-order chi connectivity index (χ1) is 11.4. The van der Waals surface area contributed by atoms with Crippen LogP contribution in [0.15, 0.2) is 33.9 Å². The van der Waals surface area contributed by atoms with Crippen LogP contribution < -0.4 is 4.31 Å². The number of halogens is 1. The highest BCUT2D eigenvalue weighted by Crippen LogP contribution is 2.32. The molecule has 0 atom stereocenters. The third kappa shape index (κ3) is 2.65. The van der Waals surface area contributed by atoms with Crippen molar-refractivity contribution in [3.63, 3.8) is 0 Å². The standard InChI is InChI=1S/C15H17ClN4O3S/c1-4-7-20(24(21,22)14-9-17-10(2)19(14)3)15-12-8-11(16)5-6-13(12)23-18-15/h5-6,8-9H,4,7H2,1-3H3. The van der Waals surface area contributed by atoms with E-state index in [-0.39, 0.29) is 17.4 Å². The maximum atomic E-state index is 13.1. The summed E-state index contributed by atoms with van der Waals surface area (Å²) in [6.07, 6.45) is 1.97. The van der Waals surface area contributed by atoms with Crippen LogP contribution in [0.4, 0.5) is 5.82 Å². The number of imidazole rings is 1. The molecule has 3 rings (SSSR count). The van der Waals surface area contributed by atoms with Crippen LogP contribution >= 0.6 is 11.6 Å². The number of aryl methyl sites for hydroxylation is 1. The number of hydrogen-bond acceptors (Lipinski definition) is 5. The zero-order valence-electron chi connectivity index (χ0n) is 13.5. The van der Waals surface area contributed by atoms with E-state index in [1.807, 2.05) is 6.92 Å². The van der Waals surface area contributed by atoms with Crippen LogP contribution in [0.25, 0.3) is 11.0 Å². The van der Waals surface area contributed by atoms with E-state index in [1.165, 1.54) is 15.1 Å². The molecule has 0 aliphatic heterocycles. The van der Waals surface area contributed by atoms with Crippen molar-refractivity contribution in [1.29, 1.82) is 0 Å². The second-order valence-electron chi connectivity index (χ2n) is 5.43. The Morgan fingerprint density at radius 3 is 2.75 bits per heavy atom. The minimum absolute atomic E-state index is 0.103. The molecule has 2 heterocycles. The number of nitrogens with zero attached hydrogens (tertiary/aromatic N) is 4. The number of aromatic nitrogens is 3. The van der Waals surface area contributed by atoms with Gasteiger partial charge in [-0.15, -0.1) is 0 Å². The average Bonchev–Trinajstić information content (AvgIpc) is 3.09. The maximum Gasteiger partial charge on any atom is 0.282 e. The highest BCUT2D eigenvalue weighted by Gasteiger charge is 2.31. The highest BCUT2D eigenvalue weighted by atomic mass is 35.5. The minimum Gasteiger partial charge on any atom is -0.354 e. The van der Waals surface area contributed by atoms with E-state index in [0.29, 0.717) is 28.2 Å². The molecular formula is C15H17ClN4O3S. The van der Waals surface area contributed by atoms with Crippen LogP contribution in [0.5, 0.6) is 0 Å². The summed E-state index contributed by atoms with van der Waals surface area (Å²) in [5.74, 6) is 0.839. The molecule has 0 N–H and O–H groups in total. The van der Waals surface area contributed by atoms with E-state index < -0.39 is 10.0 Å². The van der Waals surface area contributed by atoms with Crippen LogP contribution in [-0.4, -0.2) is 29.7 Å². The first-order valence-corrected chi connectivity index (χ1v) is 9.24. The lowest BCUT2D eigenvalue weighted by Gasteiger charge is -2.21. The molecule has 0 spiro atoms. The molecule has 1 aromatic carbocycles. The summed E-state index contributed by atoms with van der Waals surface area (Å²) in [5, 5.41) is 5.11. The predicted octanol–water partition coefficient (Wildman–Crippen LogP) is 3.13. The second-order valence-corrected chi connectivity index (χ2v) is 7.67. The van der Waals surface area contributed by atoms with E-state index in [0.717, 1.165) is 0 Å². The molecule has 0 aliphatic carbocycles. The number of hydrogen-bond donors (Lipinski definition) is 0. The Morgan fingerprint density at radius 1 is 1.38 bits per heavy atom. The van der Waals surface area contributed by atoms with Crippen molar-refractivity contribution in [2.75, 3.05) is 10.8 Å². The zero-order chi connectivity index (χ0) is 17.5. The van der Waals surface area contributed by atoms with Gasteiger partial charge in [0.05, 0.1) is 11.6 Å². The van der Waals surface area contributed by atoms with Gasteiger partial charge in [-0.3, -0.25) is 0 Å². The van der Waals surface area contributed by atoms with Crippen molar-refractivity contribution in [2.45, 2.75) is 25.3 Å². The summed E-state index contributed by atoms with van der Waals surface area (Å²) in [5.41, 5.74) is 0.479. The van der Waals surface area contributed by atoms with Crippen LogP contribution in [-0.2, 0) is 17.1 Å². The Balaban J connectivity index is 2.19. The van der Waals surface area contributed by atoms with E-state index in [2.05, 4.69) is 10.1 Å². The molecule has 9 heteroatoms. The van der Waals surface area contributed by atoms with Gasteiger partial charge < -0.3 is 9.09 Å². The summed E-state index contributed by atoms with van der Waals surface area (Å²) in [6.45, 7) is 3.90. The summed E-state index contributed by atoms with van der Waals surface area (Å²) < 4.78 is 34.3. The molecule has 3 aromatic rings. The monoisotopic (exact) mass is 368 g/mol. The van der Waals surface area contributed by atoms with E-state index >= 15 is 0 Å². The normalized spacial score (nSPS) is 12.0. The molecule has 0 amide bonds. The number of sulfonamides is 1. The maximum absolute atomic E-state index is 13.1. The van der Waals surface area contributed by atoms with E-state index in [9.17, 15) is 8.42 Å². The lowest BCUT2D eigenvalue weighted by atomic mass is 10.2. The van der Waals surface area contributed by atoms with Gasteiger partial charge in [0.2, 0.25) is 0 Å². The lowest BCUT2D eigenvalue weighted by molar-refractivity contribution is 0.456. The van der Waals surface area contributed by atoms with Gasteiger partial charge in [-0.2, -0.15) is 8.42 Å². The highest BCUT2D eigenvalue weighted by molar-refractivity contribution is 7.92. The zero-order valence-corrected chi connectivity index (χ0v) is 15.1. The molecule has 0 radical (unpaired) electrons. The van der Waals surface area contributed by atoms with Gasteiger partial charge in [0.25, 0.3) is 10.0 Å². The van der Waals surface area contributed by atoms with Crippen LogP contribution in [0.1, 0.15) is 19.2 Å². The molecule has 7 nitrogen and oxygen atoms in total. The van der Waals surface area contributed by atoms with Crippen molar-refractivity contribution in [1.82, 2.24) is 14.7 Å². The Hall–Kier alpha value is -2.06. The summed E-state index contributed by atoms with van der Waals surface area (Å²) in [7, 11) is -2.17. The van der Waals surface area contributed by atoms with E-state index in [4.69, 9.17) is 16.1 Å². The van der Waals surface area contributed by atoms with Crippen molar-refractivity contribution >= 4 is 38.4 Å². The molecule has 0 saturated heterocycles. The molecule has 2 aromatic heterocycles. The second kappa shape index (κ2) is 6.10. The molecule has 128 valence electrons. The van der Waals surface area contributed by atoms with Crippen LogP contribution in [0.2, 0.25) is 5.02 Å². The van der Waals surface area contributed by atoms with Gasteiger partial charge in [0.1, 0.15) is 5.82 Å². The molecular weight excluding hydrogens is 352 g/mol. The molecule has 0 fully saturated rings. The van der Waals surface area contributed by atoms with Crippen molar-refractivity contribution < 1.29 is 12.9 Å². The van der Waals surface area contributed by atoms with Gasteiger partial charge in [0, 0.05) is 18.6 Å². The third-order valence-corrected chi connectivity index (χ3v) is 5.89. The fourth-order valence-corrected chi connectivity index (χ4v) is 4.30. The molecule has 0 saturated carbocycles. The number of rotatable bonds is 5. The lowest BCUT2D eigenvalue weighted by Crippen LogP contribution is -2.33. The van der Waals surface area contributed by atoms with Crippen LogP contribution in [0.3, 0.4) is 0 Å². The van der Waals surface area contributed by atoms with Gasteiger partial charge in [-0.1, -0.05) is 23.7 Å². The Bertz CT molecular complexity index is 993. The summed E-state index contributed by atoms with van der Waals surface area (Å²) in [6, 6.07) is 4.98. The Morgan fingerprint density at radius 2 is 2.12 bits per heavy atom. The quantitative estimate of drug-likeness (QED) is 0.691. The molecule has 0 bridgehead atoms. The SMILES string of the molecule is CCCN(c1noc2ccc(Cl)cc12)S(=O)(=O)c1cnc(C)n1C. The fourth-order valence-electron chi connectivity index (χ4n) is 2.45. The van der Waals surface area contributed by atoms with Crippen LogP contribution in [0, 0.1) is 6.92 Å². The average molecular weight is 369 g/mol. The number of benzene rings is 1. The Kier molecular flexibility index (Phi) is 4.27. The van der Waals surface area contributed by atoms with Crippen molar-refractivity contribution in [2.24, 2.45) is 7.05 Å². The first-order valence-electron chi connectivity index (χ1n) is 7.42. The third-order valence-electron chi connectivity index (χ3n) is 3.81.